The summed E-state index contributed by atoms with van der Waals surface area (Å²) in [5.74, 6) is -0.173. The van der Waals surface area contributed by atoms with Crippen LogP contribution in [0.1, 0.15) is 37.3 Å². The molecule has 0 aromatic heterocycles. The summed E-state index contributed by atoms with van der Waals surface area (Å²) < 4.78 is 6.03. The van der Waals surface area contributed by atoms with E-state index in [0.29, 0.717) is 12.0 Å². The van der Waals surface area contributed by atoms with Crippen molar-refractivity contribution in [2.75, 3.05) is 13.6 Å². The van der Waals surface area contributed by atoms with E-state index in [1.807, 2.05) is 60.7 Å². The lowest BCUT2D eigenvalue weighted by Gasteiger charge is -2.39. The minimum Gasteiger partial charge on any atom is -0.461 e. The molecule has 0 radical (unpaired) electrons. The molecule has 0 N–H and O–H groups in total. The Balaban J connectivity index is 1.83. The molecule has 2 aromatic rings. The number of piperidine rings is 1. The van der Waals surface area contributed by atoms with Gasteiger partial charge in [-0.15, -0.1) is 0 Å². The highest BCUT2D eigenvalue weighted by Crippen LogP contribution is 2.30. The van der Waals surface area contributed by atoms with Gasteiger partial charge in [-0.25, -0.2) is 0 Å². The minimum absolute atomic E-state index is 0.0198. The Morgan fingerprint density at radius 1 is 1.00 bits per heavy atom. The molecule has 3 nitrogen and oxygen atoms in total. The number of carbonyl (C=O) groups excluding carboxylic acids is 1. The molecule has 3 rings (SSSR count). The molecule has 3 atom stereocenters. The van der Waals surface area contributed by atoms with Crippen LogP contribution in [0.25, 0.3) is 0 Å². The lowest BCUT2D eigenvalue weighted by molar-refractivity contribution is -0.156. The maximum atomic E-state index is 13.1. The standard InChI is InChI=1S/C22H27NO2/c1-16-15-23(3)17(2)14-20(16)25-22(24)21(18-10-6-4-7-11-18)19-12-8-5-9-13-19/h4-13,16-17,20-21H,14-15H2,1-3H3/t16-,17-,20-/m1/s1. The summed E-state index contributed by atoms with van der Waals surface area (Å²) in [6.07, 6.45) is 0.869. The summed E-state index contributed by atoms with van der Waals surface area (Å²) in [5, 5.41) is 0. The third-order valence-corrected chi connectivity index (χ3v) is 5.31. The fourth-order valence-electron chi connectivity index (χ4n) is 3.64. The first kappa shape index (κ1) is 17.7. The lowest BCUT2D eigenvalue weighted by Crippen LogP contribution is -2.47. The SMILES string of the molecule is C[C@@H]1CN(C)[C@H](C)C[C@H]1OC(=O)C(c1ccccc1)c1ccccc1. The normalized spacial score (nSPS) is 24.2. The molecule has 25 heavy (non-hydrogen) atoms. The number of nitrogens with zero attached hydrogens (tertiary/aromatic N) is 1. The van der Waals surface area contributed by atoms with Crippen LogP contribution in [0.5, 0.6) is 0 Å². The van der Waals surface area contributed by atoms with Crippen LogP contribution >= 0.6 is 0 Å². The lowest BCUT2D eigenvalue weighted by atomic mass is 9.90. The van der Waals surface area contributed by atoms with Gasteiger partial charge in [0.05, 0.1) is 0 Å². The molecule has 3 heteroatoms. The molecule has 1 heterocycles. The molecule has 0 bridgehead atoms. The largest absolute Gasteiger partial charge is 0.461 e. The van der Waals surface area contributed by atoms with E-state index in [-0.39, 0.29) is 18.0 Å². The fraction of sp³-hybridized carbons (Fsp3) is 0.409. The number of rotatable bonds is 4. The van der Waals surface area contributed by atoms with Crippen molar-refractivity contribution < 1.29 is 9.53 Å². The van der Waals surface area contributed by atoms with Crippen molar-refractivity contribution in [3.63, 3.8) is 0 Å². The van der Waals surface area contributed by atoms with Crippen molar-refractivity contribution in [2.45, 2.75) is 38.3 Å². The highest BCUT2D eigenvalue weighted by Gasteiger charge is 2.34. The molecule has 0 spiro atoms. The van der Waals surface area contributed by atoms with Gasteiger partial charge in [0, 0.05) is 18.5 Å². The molecule has 0 aliphatic carbocycles. The van der Waals surface area contributed by atoms with Gasteiger partial charge in [-0.05, 0) is 31.5 Å². The maximum Gasteiger partial charge on any atom is 0.318 e. The molecule has 1 aliphatic heterocycles. The number of hydrogen-bond donors (Lipinski definition) is 0. The van der Waals surface area contributed by atoms with Crippen LogP contribution in [0, 0.1) is 5.92 Å². The van der Waals surface area contributed by atoms with E-state index in [9.17, 15) is 4.79 Å². The summed E-state index contributed by atoms with van der Waals surface area (Å²) in [5.41, 5.74) is 1.96. The third-order valence-electron chi connectivity index (χ3n) is 5.31. The Bertz CT molecular complexity index is 646. The van der Waals surface area contributed by atoms with Crippen LogP contribution in [-0.4, -0.2) is 36.6 Å². The average Bonchev–Trinajstić information content (AvgIpc) is 2.62. The Morgan fingerprint density at radius 2 is 1.52 bits per heavy atom. The highest BCUT2D eigenvalue weighted by atomic mass is 16.5. The first-order valence-electron chi connectivity index (χ1n) is 9.07. The zero-order chi connectivity index (χ0) is 17.8. The summed E-state index contributed by atoms with van der Waals surface area (Å²) in [7, 11) is 2.13. The van der Waals surface area contributed by atoms with Gasteiger partial charge < -0.3 is 9.64 Å². The Hall–Kier alpha value is -2.13. The number of esters is 1. The summed E-state index contributed by atoms with van der Waals surface area (Å²) in [4.78, 5) is 15.4. The van der Waals surface area contributed by atoms with Gasteiger partial charge in [0.2, 0.25) is 0 Å². The van der Waals surface area contributed by atoms with Gasteiger partial charge in [0.25, 0.3) is 0 Å². The van der Waals surface area contributed by atoms with E-state index in [1.54, 1.807) is 0 Å². The quantitative estimate of drug-likeness (QED) is 0.787. The van der Waals surface area contributed by atoms with E-state index in [0.717, 1.165) is 24.1 Å². The molecule has 0 unspecified atom stereocenters. The van der Waals surface area contributed by atoms with E-state index < -0.39 is 0 Å². The molecule has 1 aliphatic rings. The second-order valence-electron chi connectivity index (χ2n) is 7.23. The highest BCUT2D eigenvalue weighted by molar-refractivity contribution is 5.82. The summed E-state index contributed by atoms with van der Waals surface area (Å²) in [6, 6.07) is 20.3. The number of carbonyl (C=O) groups is 1. The number of ether oxygens (including phenoxy) is 1. The minimum atomic E-state index is -0.371. The number of benzene rings is 2. The zero-order valence-corrected chi connectivity index (χ0v) is 15.3. The molecule has 0 amide bonds. The fourth-order valence-corrected chi connectivity index (χ4v) is 3.64. The van der Waals surface area contributed by atoms with Crippen LogP contribution in [0.4, 0.5) is 0 Å². The second-order valence-corrected chi connectivity index (χ2v) is 7.23. The third kappa shape index (κ3) is 4.10. The maximum absolute atomic E-state index is 13.1. The van der Waals surface area contributed by atoms with Crippen molar-refractivity contribution in [1.82, 2.24) is 4.90 Å². The van der Waals surface area contributed by atoms with Crippen molar-refractivity contribution in [3.05, 3.63) is 71.8 Å². The molecule has 1 fully saturated rings. The van der Waals surface area contributed by atoms with Crippen molar-refractivity contribution >= 4 is 5.97 Å². The Labute approximate surface area is 150 Å². The van der Waals surface area contributed by atoms with Crippen molar-refractivity contribution in [1.29, 1.82) is 0 Å². The Morgan fingerprint density at radius 3 is 2.04 bits per heavy atom. The van der Waals surface area contributed by atoms with Crippen molar-refractivity contribution in [3.8, 4) is 0 Å². The molecular weight excluding hydrogens is 310 g/mol. The van der Waals surface area contributed by atoms with Crippen molar-refractivity contribution in [2.24, 2.45) is 5.92 Å². The van der Waals surface area contributed by atoms with E-state index in [4.69, 9.17) is 4.74 Å². The number of hydrogen-bond acceptors (Lipinski definition) is 3. The van der Waals surface area contributed by atoms with Gasteiger partial charge in [-0.1, -0.05) is 67.6 Å². The first-order valence-corrected chi connectivity index (χ1v) is 9.07. The van der Waals surface area contributed by atoms with Crippen LogP contribution in [-0.2, 0) is 9.53 Å². The van der Waals surface area contributed by atoms with Crippen LogP contribution in [0.15, 0.2) is 60.7 Å². The summed E-state index contributed by atoms with van der Waals surface area (Å²) in [6.45, 7) is 5.32. The van der Waals surface area contributed by atoms with Gasteiger partial charge >= 0.3 is 5.97 Å². The topological polar surface area (TPSA) is 29.5 Å². The number of likely N-dealkylation sites (tertiary alicyclic amines) is 1. The van der Waals surface area contributed by atoms with Crippen LogP contribution in [0.3, 0.4) is 0 Å². The van der Waals surface area contributed by atoms with E-state index in [1.165, 1.54) is 0 Å². The first-order chi connectivity index (χ1) is 12.1. The van der Waals surface area contributed by atoms with Crippen LogP contribution < -0.4 is 0 Å². The van der Waals surface area contributed by atoms with Gasteiger partial charge in [-0.3, -0.25) is 4.79 Å². The second kappa shape index (κ2) is 7.83. The Kier molecular flexibility index (Phi) is 5.54. The van der Waals surface area contributed by atoms with Gasteiger partial charge in [0.15, 0.2) is 0 Å². The predicted molar refractivity (Wildman–Crippen MR) is 100 cm³/mol. The van der Waals surface area contributed by atoms with E-state index in [2.05, 4.69) is 25.8 Å². The van der Waals surface area contributed by atoms with E-state index >= 15 is 0 Å². The van der Waals surface area contributed by atoms with Gasteiger partial charge in [0.1, 0.15) is 12.0 Å². The molecule has 1 saturated heterocycles. The molecular formula is C22H27NO2. The van der Waals surface area contributed by atoms with Gasteiger partial charge in [-0.2, -0.15) is 0 Å². The average molecular weight is 337 g/mol. The molecule has 2 aromatic carbocycles. The van der Waals surface area contributed by atoms with Crippen LogP contribution in [0.2, 0.25) is 0 Å². The molecule has 0 saturated carbocycles. The summed E-state index contributed by atoms with van der Waals surface area (Å²) >= 11 is 0. The smallest absolute Gasteiger partial charge is 0.318 e. The molecule has 132 valence electrons. The zero-order valence-electron chi connectivity index (χ0n) is 15.3. The monoisotopic (exact) mass is 337 g/mol. The predicted octanol–water partition coefficient (Wildman–Crippen LogP) is 4.09.